The third kappa shape index (κ3) is 5.27. The molecule has 2 N–H and O–H groups in total. The van der Waals surface area contributed by atoms with Gasteiger partial charge in [-0.1, -0.05) is 0 Å². The summed E-state index contributed by atoms with van der Waals surface area (Å²) < 4.78 is 21.7. The van der Waals surface area contributed by atoms with Gasteiger partial charge in [-0.2, -0.15) is 0 Å². The van der Waals surface area contributed by atoms with Crippen LogP contribution in [-0.4, -0.2) is 38.7 Å². The first-order chi connectivity index (χ1) is 7.53. The second kappa shape index (κ2) is 5.02. The Morgan fingerprint density at radius 3 is 1.94 bits per heavy atom. The van der Waals surface area contributed by atoms with Crippen molar-refractivity contribution in [1.82, 2.24) is 4.90 Å². The standard InChI is InChI=1S/C11H22N2O2S/c12-16(14,15)7-1-6-13(8-10-2-3-10)9-11-4-5-11/h10-11H,1-9H2,(H2,12,14,15). The van der Waals surface area contributed by atoms with Crippen LogP contribution in [-0.2, 0) is 10.0 Å². The van der Waals surface area contributed by atoms with Crippen LogP contribution in [0.5, 0.6) is 0 Å². The Balaban J connectivity index is 1.67. The molecule has 5 heteroatoms. The normalized spacial score (nSPS) is 21.6. The molecule has 2 aliphatic carbocycles. The topological polar surface area (TPSA) is 63.4 Å². The van der Waals surface area contributed by atoms with Crippen molar-refractivity contribution in [1.29, 1.82) is 0 Å². The minimum atomic E-state index is -3.27. The maximum absolute atomic E-state index is 10.8. The van der Waals surface area contributed by atoms with E-state index in [-0.39, 0.29) is 5.75 Å². The molecule has 0 aromatic rings. The Labute approximate surface area is 98.2 Å². The predicted molar refractivity (Wildman–Crippen MR) is 64.5 cm³/mol. The van der Waals surface area contributed by atoms with Gasteiger partial charge in [0.2, 0.25) is 10.0 Å². The van der Waals surface area contributed by atoms with Crippen LogP contribution in [0, 0.1) is 11.8 Å². The first-order valence-corrected chi connectivity index (χ1v) is 7.97. The fourth-order valence-electron chi connectivity index (χ4n) is 2.08. The number of nitrogens with zero attached hydrogens (tertiary/aromatic N) is 1. The lowest BCUT2D eigenvalue weighted by atomic mass is 10.3. The van der Waals surface area contributed by atoms with Gasteiger partial charge in [0.25, 0.3) is 0 Å². The van der Waals surface area contributed by atoms with E-state index in [1.807, 2.05) is 0 Å². The molecule has 0 saturated heterocycles. The lowest BCUT2D eigenvalue weighted by molar-refractivity contribution is 0.253. The summed E-state index contributed by atoms with van der Waals surface area (Å²) in [6.07, 6.45) is 6.11. The summed E-state index contributed by atoms with van der Waals surface area (Å²) >= 11 is 0. The average molecular weight is 246 g/mol. The SMILES string of the molecule is NS(=O)(=O)CCCN(CC1CC1)CC1CC1. The highest BCUT2D eigenvalue weighted by molar-refractivity contribution is 7.89. The van der Waals surface area contributed by atoms with Gasteiger partial charge < -0.3 is 4.90 Å². The van der Waals surface area contributed by atoms with E-state index in [2.05, 4.69) is 4.90 Å². The van der Waals surface area contributed by atoms with E-state index >= 15 is 0 Å². The van der Waals surface area contributed by atoms with Gasteiger partial charge in [0.1, 0.15) is 0 Å². The molecule has 0 spiro atoms. The zero-order valence-electron chi connectivity index (χ0n) is 9.77. The van der Waals surface area contributed by atoms with Crippen molar-refractivity contribution in [3.63, 3.8) is 0 Å². The Morgan fingerprint density at radius 1 is 1.06 bits per heavy atom. The van der Waals surface area contributed by atoms with Crippen molar-refractivity contribution in [2.24, 2.45) is 17.0 Å². The summed E-state index contributed by atoms with van der Waals surface area (Å²) in [5.41, 5.74) is 0. The van der Waals surface area contributed by atoms with Gasteiger partial charge in [0.15, 0.2) is 0 Å². The molecule has 0 aromatic heterocycles. The summed E-state index contributed by atoms with van der Waals surface area (Å²) in [5, 5.41) is 5.00. The van der Waals surface area contributed by atoms with E-state index in [1.165, 1.54) is 38.8 Å². The summed E-state index contributed by atoms with van der Waals surface area (Å²) in [7, 11) is -3.27. The van der Waals surface area contributed by atoms with Crippen LogP contribution >= 0.6 is 0 Å². The van der Waals surface area contributed by atoms with Crippen LogP contribution in [0.4, 0.5) is 0 Å². The lowest BCUT2D eigenvalue weighted by Gasteiger charge is -2.21. The second-order valence-electron chi connectivity index (χ2n) is 5.37. The van der Waals surface area contributed by atoms with Crippen molar-refractivity contribution in [2.45, 2.75) is 32.1 Å². The smallest absolute Gasteiger partial charge is 0.209 e. The van der Waals surface area contributed by atoms with Crippen LogP contribution in [0.15, 0.2) is 0 Å². The quantitative estimate of drug-likeness (QED) is 0.688. The summed E-state index contributed by atoms with van der Waals surface area (Å²) in [6, 6.07) is 0. The molecule has 16 heavy (non-hydrogen) atoms. The van der Waals surface area contributed by atoms with E-state index in [9.17, 15) is 8.42 Å². The molecule has 0 aliphatic heterocycles. The Hall–Kier alpha value is -0.130. The number of nitrogens with two attached hydrogens (primary N) is 1. The van der Waals surface area contributed by atoms with Crippen molar-refractivity contribution >= 4 is 10.0 Å². The molecule has 0 amide bonds. The minimum Gasteiger partial charge on any atom is -0.303 e. The van der Waals surface area contributed by atoms with Gasteiger partial charge in [-0.05, 0) is 50.5 Å². The van der Waals surface area contributed by atoms with Gasteiger partial charge in [-0.3, -0.25) is 0 Å². The van der Waals surface area contributed by atoms with Crippen LogP contribution < -0.4 is 5.14 Å². The minimum absolute atomic E-state index is 0.124. The molecule has 4 nitrogen and oxygen atoms in total. The average Bonchev–Trinajstić information content (AvgIpc) is 2.96. The van der Waals surface area contributed by atoms with Crippen molar-refractivity contribution in [3.8, 4) is 0 Å². The third-order valence-corrected chi connectivity index (χ3v) is 4.19. The highest BCUT2D eigenvalue weighted by atomic mass is 32.2. The van der Waals surface area contributed by atoms with E-state index in [4.69, 9.17) is 5.14 Å². The van der Waals surface area contributed by atoms with Crippen LogP contribution in [0.1, 0.15) is 32.1 Å². The number of rotatable bonds is 8. The lowest BCUT2D eigenvalue weighted by Crippen LogP contribution is -2.31. The van der Waals surface area contributed by atoms with Crippen molar-refractivity contribution in [2.75, 3.05) is 25.4 Å². The van der Waals surface area contributed by atoms with Gasteiger partial charge in [0, 0.05) is 13.1 Å². The van der Waals surface area contributed by atoms with E-state index in [0.717, 1.165) is 18.4 Å². The van der Waals surface area contributed by atoms with Crippen molar-refractivity contribution < 1.29 is 8.42 Å². The molecule has 2 fully saturated rings. The first kappa shape index (κ1) is 12.3. The fourth-order valence-corrected chi connectivity index (χ4v) is 2.61. The van der Waals surface area contributed by atoms with Crippen molar-refractivity contribution in [3.05, 3.63) is 0 Å². The van der Waals surface area contributed by atoms with Crippen LogP contribution in [0.2, 0.25) is 0 Å². The molecule has 0 heterocycles. The Bertz CT molecular complexity index is 307. The monoisotopic (exact) mass is 246 g/mol. The summed E-state index contributed by atoms with van der Waals surface area (Å²) in [6.45, 7) is 3.23. The molecule has 0 bridgehead atoms. The van der Waals surface area contributed by atoms with Gasteiger partial charge in [-0.25, -0.2) is 13.6 Å². The molecule has 94 valence electrons. The predicted octanol–water partition coefficient (Wildman–Crippen LogP) is 0.787. The zero-order chi connectivity index (χ0) is 11.6. The molecule has 0 radical (unpaired) electrons. The maximum Gasteiger partial charge on any atom is 0.209 e. The molecule has 2 rings (SSSR count). The first-order valence-electron chi connectivity index (χ1n) is 6.26. The second-order valence-corrected chi connectivity index (χ2v) is 7.10. The van der Waals surface area contributed by atoms with E-state index in [0.29, 0.717) is 6.42 Å². The molecule has 2 saturated carbocycles. The molecule has 0 atom stereocenters. The van der Waals surface area contributed by atoms with E-state index < -0.39 is 10.0 Å². The van der Waals surface area contributed by atoms with Gasteiger partial charge in [-0.15, -0.1) is 0 Å². The molecule has 2 aliphatic rings. The molecule has 0 aromatic carbocycles. The number of primary sulfonamides is 1. The summed E-state index contributed by atoms with van der Waals surface area (Å²) in [4.78, 5) is 2.44. The Morgan fingerprint density at radius 2 is 1.56 bits per heavy atom. The Kier molecular flexibility index (Phi) is 3.87. The van der Waals surface area contributed by atoms with Crippen LogP contribution in [0.25, 0.3) is 0 Å². The zero-order valence-corrected chi connectivity index (χ0v) is 10.6. The summed E-state index contributed by atoms with van der Waals surface area (Å²) in [5.74, 6) is 1.89. The number of hydrogen-bond acceptors (Lipinski definition) is 3. The number of sulfonamides is 1. The highest BCUT2D eigenvalue weighted by Gasteiger charge is 2.28. The maximum atomic E-state index is 10.8. The molecular formula is C11H22N2O2S. The largest absolute Gasteiger partial charge is 0.303 e. The molecule has 0 unspecified atom stereocenters. The number of hydrogen-bond donors (Lipinski definition) is 1. The molecular weight excluding hydrogens is 224 g/mol. The van der Waals surface area contributed by atoms with Gasteiger partial charge >= 0.3 is 0 Å². The highest BCUT2D eigenvalue weighted by Crippen LogP contribution is 2.33. The van der Waals surface area contributed by atoms with Crippen LogP contribution in [0.3, 0.4) is 0 Å². The third-order valence-electron chi connectivity index (χ3n) is 3.33. The fraction of sp³-hybridized carbons (Fsp3) is 1.00. The van der Waals surface area contributed by atoms with E-state index in [1.54, 1.807) is 0 Å². The van der Waals surface area contributed by atoms with Gasteiger partial charge in [0.05, 0.1) is 5.75 Å².